The lowest BCUT2D eigenvalue weighted by atomic mass is 9.75. The second-order valence-electron chi connectivity index (χ2n) is 7.15. The molecular weight excluding hydrogens is 348 g/mol. The van der Waals surface area contributed by atoms with E-state index in [0.29, 0.717) is 30.0 Å². The summed E-state index contributed by atoms with van der Waals surface area (Å²) < 4.78 is 0. The molecule has 1 aromatic carbocycles. The van der Waals surface area contributed by atoms with E-state index in [1.165, 1.54) is 6.92 Å². The Morgan fingerprint density at radius 3 is 2.41 bits per heavy atom. The second-order valence-corrected chi connectivity index (χ2v) is 7.15. The van der Waals surface area contributed by atoms with Gasteiger partial charge in [-0.15, -0.1) is 0 Å². The van der Waals surface area contributed by atoms with Gasteiger partial charge >= 0.3 is 0 Å². The highest BCUT2D eigenvalue weighted by Crippen LogP contribution is 2.41. The summed E-state index contributed by atoms with van der Waals surface area (Å²) in [5.41, 5.74) is 2.76. The number of carbonyl (C=O) groups is 3. The van der Waals surface area contributed by atoms with Crippen LogP contribution in [-0.4, -0.2) is 31.2 Å². The first-order chi connectivity index (χ1) is 12.9. The van der Waals surface area contributed by atoms with E-state index in [0.717, 1.165) is 36.8 Å². The van der Waals surface area contributed by atoms with Gasteiger partial charge in [0.2, 0.25) is 12.3 Å². The van der Waals surface area contributed by atoms with Gasteiger partial charge in [-0.2, -0.15) is 0 Å². The van der Waals surface area contributed by atoms with Crippen molar-refractivity contribution >= 4 is 18.1 Å². The van der Waals surface area contributed by atoms with E-state index in [1.54, 1.807) is 6.92 Å². The van der Waals surface area contributed by atoms with Crippen molar-refractivity contribution in [3.63, 3.8) is 0 Å². The van der Waals surface area contributed by atoms with Crippen LogP contribution in [0.15, 0.2) is 0 Å². The molecule has 0 heterocycles. The lowest BCUT2D eigenvalue weighted by molar-refractivity contribution is -0.209. The van der Waals surface area contributed by atoms with Crippen LogP contribution in [0.4, 0.5) is 0 Å². The average molecular weight is 374 g/mol. The van der Waals surface area contributed by atoms with E-state index in [-0.39, 0.29) is 29.9 Å². The summed E-state index contributed by atoms with van der Waals surface area (Å²) in [5, 5.41) is 16.2. The number of benzene rings is 1. The lowest BCUT2D eigenvalue weighted by Crippen LogP contribution is -2.30. The summed E-state index contributed by atoms with van der Waals surface area (Å²) in [6.45, 7) is 5.70. The topological polar surface area (TPSA) is 104 Å². The first-order valence-corrected chi connectivity index (χ1v) is 9.19. The average Bonchev–Trinajstić information content (AvgIpc) is 2.66. The lowest BCUT2D eigenvalue weighted by Gasteiger charge is -2.31. The van der Waals surface area contributed by atoms with Crippen molar-refractivity contribution < 1.29 is 24.5 Å². The van der Waals surface area contributed by atoms with Gasteiger partial charge in [-0.05, 0) is 68.1 Å². The number of ketones is 1. The van der Waals surface area contributed by atoms with Crippen LogP contribution < -0.4 is 15.5 Å². The van der Waals surface area contributed by atoms with Gasteiger partial charge in [0.25, 0.3) is 0 Å². The standard InChI is InChI=1S/C20H26N2O5/c1-12-13(2)20(16-6-4-15(5-7-16)9-22-14(3)24)17(8-19(12)27-26)18(25)10-21-11-23/h11,15-16H,4-7,9-10H2,1-3H3,(H,21,23)(H,22,24). The summed E-state index contributed by atoms with van der Waals surface area (Å²) in [5.74, 6) is 0.297. The maximum absolute atomic E-state index is 12.6. The van der Waals surface area contributed by atoms with Crippen molar-refractivity contribution in [1.82, 2.24) is 10.6 Å². The van der Waals surface area contributed by atoms with Crippen LogP contribution in [0.2, 0.25) is 0 Å². The van der Waals surface area contributed by atoms with Crippen LogP contribution in [0.25, 0.3) is 0 Å². The molecule has 0 bridgehead atoms. The fourth-order valence-electron chi connectivity index (χ4n) is 3.81. The summed E-state index contributed by atoms with van der Waals surface area (Å²) >= 11 is 0. The molecule has 1 fully saturated rings. The molecule has 0 saturated heterocycles. The molecule has 146 valence electrons. The van der Waals surface area contributed by atoms with Crippen molar-refractivity contribution in [1.29, 1.82) is 0 Å². The molecule has 2 rings (SSSR count). The summed E-state index contributed by atoms with van der Waals surface area (Å²) in [6, 6.07) is 2.83. The fourth-order valence-corrected chi connectivity index (χ4v) is 3.81. The minimum atomic E-state index is -0.293. The van der Waals surface area contributed by atoms with Gasteiger partial charge < -0.3 is 15.5 Å². The number of hydrogen-bond acceptors (Lipinski definition) is 4. The van der Waals surface area contributed by atoms with Crippen molar-refractivity contribution in [3.8, 4) is 5.75 Å². The molecule has 2 radical (unpaired) electrons. The molecule has 2 amide bonds. The Labute approximate surface area is 159 Å². The zero-order chi connectivity index (χ0) is 20.0. The van der Waals surface area contributed by atoms with Gasteiger partial charge in [0, 0.05) is 30.4 Å². The van der Waals surface area contributed by atoms with Gasteiger partial charge in [0.05, 0.1) is 6.54 Å². The van der Waals surface area contributed by atoms with E-state index in [1.807, 2.05) is 6.92 Å². The predicted octanol–water partition coefficient (Wildman–Crippen LogP) is 2.17. The number of amides is 2. The maximum atomic E-state index is 12.6. The Kier molecular flexibility index (Phi) is 7.36. The zero-order valence-electron chi connectivity index (χ0n) is 16.0. The number of carbonyl (C=O) groups excluding carboxylic acids is 3. The van der Waals surface area contributed by atoms with Crippen molar-refractivity contribution in [2.45, 2.75) is 52.4 Å². The molecule has 1 saturated carbocycles. The number of hydrogen-bond donors (Lipinski definition) is 2. The smallest absolute Gasteiger partial charge is 0.216 e. The number of nitrogens with one attached hydrogen (secondary N) is 2. The molecule has 0 atom stereocenters. The Morgan fingerprint density at radius 2 is 1.85 bits per heavy atom. The van der Waals surface area contributed by atoms with E-state index in [2.05, 4.69) is 21.6 Å². The Morgan fingerprint density at radius 1 is 1.19 bits per heavy atom. The minimum absolute atomic E-state index is 0.0186. The second kappa shape index (κ2) is 9.50. The molecule has 1 aliphatic rings. The highest BCUT2D eigenvalue weighted by Gasteiger charge is 2.29. The molecule has 7 heteroatoms. The molecule has 0 spiro atoms. The third kappa shape index (κ3) is 5.07. The summed E-state index contributed by atoms with van der Waals surface area (Å²) in [7, 11) is 0. The third-order valence-electron chi connectivity index (χ3n) is 5.42. The minimum Gasteiger partial charge on any atom is -0.356 e. The normalized spacial score (nSPS) is 19.3. The van der Waals surface area contributed by atoms with Gasteiger partial charge in [-0.25, -0.2) is 0 Å². The van der Waals surface area contributed by atoms with Crippen LogP contribution in [0, 0.1) is 25.8 Å². The SMILES string of the molecule is CC(=O)NCC1CCC(c2c(C(=O)CNC=O)[c]c(O[O])c(C)c2C)CC1. The molecule has 7 nitrogen and oxygen atoms in total. The fraction of sp³-hybridized carbons (Fsp3) is 0.550. The molecule has 0 aromatic heterocycles. The van der Waals surface area contributed by atoms with E-state index >= 15 is 0 Å². The van der Waals surface area contributed by atoms with Crippen LogP contribution in [0.1, 0.15) is 65.6 Å². The van der Waals surface area contributed by atoms with Gasteiger partial charge in [0.1, 0.15) is 0 Å². The van der Waals surface area contributed by atoms with Crippen LogP contribution in [-0.2, 0) is 14.8 Å². The van der Waals surface area contributed by atoms with Crippen LogP contribution in [0.5, 0.6) is 5.75 Å². The molecule has 2 N–H and O–H groups in total. The quantitative estimate of drug-likeness (QED) is 0.315. The molecule has 0 unspecified atom stereocenters. The first-order valence-electron chi connectivity index (χ1n) is 9.19. The van der Waals surface area contributed by atoms with E-state index < -0.39 is 0 Å². The predicted molar refractivity (Wildman–Crippen MR) is 97.8 cm³/mol. The van der Waals surface area contributed by atoms with Gasteiger partial charge in [0.15, 0.2) is 11.5 Å². The van der Waals surface area contributed by atoms with E-state index in [9.17, 15) is 19.6 Å². The molecule has 0 aliphatic heterocycles. The molecule has 1 aromatic rings. The first kappa shape index (κ1) is 20.9. The zero-order valence-corrected chi connectivity index (χ0v) is 16.0. The molecular formula is C20H26N2O5. The monoisotopic (exact) mass is 374 g/mol. The van der Waals surface area contributed by atoms with Crippen LogP contribution >= 0.6 is 0 Å². The Hall–Kier alpha value is -2.41. The Balaban J connectivity index is 2.27. The van der Waals surface area contributed by atoms with Gasteiger partial charge in [-0.3, -0.25) is 14.4 Å². The highest BCUT2D eigenvalue weighted by atomic mass is 17.1. The maximum Gasteiger partial charge on any atom is 0.216 e. The highest BCUT2D eigenvalue weighted by molar-refractivity contribution is 6.00. The van der Waals surface area contributed by atoms with Crippen molar-refractivity contribution in [3.05, 3.63) is 28.3 Å². The molecule has 27 heavy (non-hydrogen) atoms. The van der Waals surface area contributed by atoms with Crippen molar-refractivity contribution in [2.24, 2.45) is 5.92 Å². The molecule has 1 aliphatic carbocycles. The summed E-state index contributed by atoms with van der Waals surface area (Å²) in [4.78, 5) is 38.4. The number of Topliss-reactive ketones (excluding diaryl/α,β-unsaturated/α-hetero) is 1. The Bertz CT molecular complexity index is 709. The largest absolute Gasteiger partial charge is 0.356 e. The number of rotatable bonds is 8. The third-order valence-corrected chi connectivity index (χ3v) is 5.42. The van der Waals surface area contributed by atoms with Gasteiger partial charge in [-0.1, -0.05) is 0 Å². The summed E-state index contributed by atoms with van der Waals surface area (Å²) in [6.07, 6.45) is 4.14. The van der Waals surface area contributed by atoms with Crippen molar-refractivity contribution in [2.75, 3.05) is 13.1 Å². The van der Waals surface area contributed by atoms with E-state index in [4.69, 9.17) is 0 Å². The van der Waals surface area contributed by atoms with Crippen LogP contribution in [0.3, 0.4) is 0 Å².